The molecular weight excluding hydrogens is 358 g/mol. The fourth-order valence-corrected chi connectivity index (χ4v) is 4.20. The van der Waals surface area contributed by atoms with Crippen LogP contribution in [-0.2, 0) is 24.2 Å². The predicted octanol–water partition coefficient (Wildman–Crippen LogP) is 4.00. The van der Waals surface area contributed by atoms with Crippen LogP contribution in [0.3, 0.4) is 0 Å². The van der Waals surface area contributed by atoms with Gasteiger partial charge in [-0.3, -0.25) is 14.7 Å². The second-order valence-corrected chi connectivity index (χ2v) is 8.84. The van der Waals surface area contributed by atoms with Crippen molar-refractivity contribution in [2.75, 3.05) is 19.6 Å². The average Bonchev–Trinajstić information content (AvgIpc) is 3.59. The Bertz CT molecular complexity index is 762. The molecule has 2 aromatic rings. The van der Waals surface area contributed by atoms with Crippen LogP contribution in [0.1, 0.15) is 48.8 Å². The maximum Gasteiger partial charge on any atom is 0.220 e. The first-order valence-corrected chi connectivity index (χ1v) is 11.2. The first-order chi connectivity index (χ1) is 14.2. The van der Waals surface area contributed by atoms with Gasteiger partial charge in [0.2, 0.25) is 5.91 Å². The van der Waals surface area contributed by atoms with E-state index in [0.717, 1.165) is 31.3 Å². The second kappa shape index (κ2) is 10.0. The van der Waals surface area contributed by atoms with Crippen molar-refractivity contribution >= 4 is 5.91 Å². The minimum absolute atomic E-state index is 0.194. The quantitative estimate of drug-likeness (QED) is 0.703. The Hall–Kier alpha value is -2.20. The molecule has 4 rings (SSSR count). The zero-order chi connectivity index (χ0) is 19.9. The summed E-state index contributed by atoms with van der Waals surface area (Å²) in [6.07, 6.45) is 11.5. The topological polar surface area (TPSA) is 45.2 Å². The summed E-state index contributed by atoms with van der Waals surface area (Å²) in [5.41, 5.74) is 4.05. The summed E-state index contributed by atoms with van der Waals surface area (Å²) < 4.78 is 0. The smallest absolute Gasteiger partial charge is 0.220 e. The third kappa shape index (κ3) is 6.67. The van der Waals surface area contributed by atoms with Crippen LogP contribution in [0.4, 0.5) is 0 Å². The zero-order valence-electron chi connectivity index (χ0n) is 17.4. The molecule has 1 saturated heterocycles. The van der Waals surface area contributed by atoms with Crippen LogP contribution in [-0.4, -0.2) is 35.4 Å². The summed E-state index contributed by atoms with van der Waals surface area (Å²) >= 11 is 0. The standard InChI is InChI=1S/C25H33N3O/c29-25(27-18-23-5-6-23)8-7-20-1-3-21(4-2-20)17-22-11-15-28(16-12-22)19-24-9-13-26-14-10-24/h1-4,9-10,13-14,22-23H,5-8,11-12,15-19H2,(H,27,29). The van der Waals surface area contributed by atoms with E-state index in [4.69, 9.17) is 0 Å². The first kappa shape index (κ1) is 20.1. The van der Waals surface area contributed by atoms with E-state index in [1.165, 1.54) is 61.9 Å². The van der Waals surface area contributed by atoms with Gasteiger partial charge in [-0.2, -0.15) is 0 Å². The number of aryl methyl sites for hydroxylation is 1. The van der Waals surface area contributed by atoms with Gasteiger partial charge < -0.3 is 5.32 Å². The molecule has 1 amide bonds. The van der Waals surface area contributed by atoms with E-state index in [1.54, 1.807) is 0 Å². The van der Waals surface area contributed by atoms with E-state index in [2.05, 4.69) is 51.6 Å². The minimum atomic E-state index is 0.194. The first-order valence-electron chi connectivity index (χ1n) is 11.2. The van der Waals surface area contributed by atoms with E-state index in [-0.39, 0.29) is 5.91 Å². The Balaban J connectivity index is 1.16. The summed E-state index contributed by atoms with van der Waals surface area (Å²) in [6.45, 7) is 4.28. The Labute approximate surface area is 174 Å². The van der Waals surface area contributed by atoms with Crippen LogP contribution in [0.2, 0.25) is 0 Å². The van der Waals surface area contributed by atoms with Gasteiger partial charge in [-0.05, 0) is 92.3 Å². The van der Waals surface area contributed by atoms with Crippen LogP contribution >= 0.6 is 0 Å². The van der Waals surface area contributed by atoms with Crippen molar-refractivity contribution < 1.29 is 4.79 Å². The third-order valence-electron chi connectivity index (χ3n) is 6.34. The van der Waals surface area contributed by atoms with E-state index in [0.29, 0.717) is 6.42 Å². The molecule has 1 aliphatic carbocycles. The zero-order valence-corrected chi connectivity index (χ0v) is 17.4. The normalized spacial score (nSPS) is 17.9. The van der Waals surface area contributed by atoms with Crippen molar-refractivity contribution in [2.24, 2.45) is 11.8 Å². The van der Waals surface area contributed by atoms with Crippen LogP contribution < -0.4 is 5.32 Å². The van der Waals surface area contributed by atoms with Gasteiger partial charge in [0, 0.05) is 31.9 Å². The molecule has 0 radical (unpaired) electrons. The summed E-state index contributed by atoms with van der Waals surface area (Å²) in [4.78, 5) is 18.6. The minimum Gasteiger partial charge on any atom is -0.356 e. The van der Waals surface area contributed by atoms with Gasteiger partial charge in [-0.15, -0.1) is 0 Å². The van der Waals surface area contributed by atoms with Crippen molar-refractivity contribution in [1.82, 2.24) is 15.2 Å². The van der Waals surface area contributed by atoms with Crippen LogP contribution in [0, 0.1) is 11.8 Å². The second-order valence-electron chi connectivity index (χ2n) is 8.84. The molecule has 154 valence electrons. The highest BCUT2D eigenvalue weighted by atomic mass is 16.1. The number of hydrogen-bond donors (Lipinski definition) is 1. The molecule has 1 N–H and O–H groups in total. The monoisotopic (exact) mass is 391 g/mol. The summed E-state index contributed by atoms with van der Waals surface area (Å²) in [5, 5.41) is 3.05. The number of likely N-dealkylation sites (tertiary alicyclic amines) is 1. The van der Waals surface area contributed by atoms with Crippen LogP contribution in [0.15, 0.2) is 48.8 Å². The highest BCUT2D eigenvalue weighted by Crippen LogP contribution is 2.27. The number of aromatic nitrogens is 1. The van der Waals surface area contributed by atoms with Gasteiger partial charge in [0.05, 0.1) is 0 Å². The lowest BCUT2D eigenvalue weighted by atomic mass is 9.89. The number of carbonyl (C=O) groups excluding carboxylic acids is 1. The van der Waals surface area contributed by atoms with Crippen LogP contribution in [0.25, 0.3) is 0 Å². The molecule has 1 saturated carbocycles. The maximum atomic E-state index is 11.9. The molecule has 1 aromatic carbocycles. The molecule has 0 atom stereocenters. The number of rotatable bonds is 9. The number of nitrogens with zero attached hydrogens (tertiary/aromatic N) is 2. The maximum absolute atomic E-state index is 11.9. The highest BCUT2D eigenvalue weighted by molar-refractivity contribution is 5.76. The Kier molecular flexibility index (Phi) is 6.94. The van der Waals surface area contributed by atoms with Gasteiger partial charge in [0.25, 0.3) is 0 Å². The lowest BCUT2D eigenvalue weighted by Crippen LogP contribution is -2.33. The van der Waals surface area contributed by atoms with Gasteiger partial charge in [-0.1, -0.05) is 24.3 Å². The summed E-state index contributed by atoms with van der Waals surface area (Å²) in [7, 11) is 0. The molecular formula is C25H33N3O. The molecule has 2 aliphatic rings. The Morgan fingerprint density at radius 1 is 0.897 bits per heavy atom. The molecule has 4 nitrogen and oxygen atoms in total. The van der Waals surface area contributed by atoms with Gasteiger partial charge in [-0.25, -0.2) is 0 Å². The third-order valence-corrected chi connectivity index (χ3v) is 6.34. The molecule has 0 bridgehead atoms. The fourth-order valence-electron chi connectivity index (χ4n) is 4.20. The largest absolute Gasteiger partial charge is 0.356 e. The Morgan fingerprint density at radius 2 is 1.59 bits per heavy atom. The lowest BCUT2D eigenvalue weighted by Gasteiger charge is -2.32. The number of piperidine rings is 1. The van der Waals surface area contributed by atoms with Crippen LogP contribution in [0.5, 0.6) is 0 Å². The molecule has 29 heavy (non-hydrogen) atoms. The van der Waals surface area contributed by atoms with Crippen molar-refractivity contribution in [3.8, 4) is 0 Å². The van der Waals surface area contributed by atoms with Crippen molar-refractivity contribution in [1.29, 1.82) is 0 Å². The molecule has 1 aromatic heterocycles. The van der Waals surface area contributed by atoms with Gasteiger partial charge in [0.15, 0.2) is 0 Å². The number of hydrogen-bond acceptors (Lipinski definition) is 3. The SMILES string of the molecule is O=C(CCc1ccc(CC2CCN(Cc3ccncc3)CC2)cc1)NCC1CC1. The number of carbonyl (C=O) groups is 1. The number of pyridine rings is 1. The van der Waals surface area contributed by atoms with Gasteiger partial charge in [0.1, 0.15) is 0 Å². The van der Waals surface area contributed by atoms with Crippen molar-refractivity contribution in [2.45, 2.75) is 51.5 Å². The molecule has 0 unspecified atom stereocenters. The highest BCUT2D eigenvalue weighted by Gasteiger charge is 2.21. The van der Waals surface area contributed by atoms with Gasteiger partial charge >= 0.3 is 0 Å². The number of amides is 1. The number of nitrogens with one attached hydrogen (secondary N) is 1. The number of benzene rings is 1. The Morgan fingerprint density at radius 3 is 2.28 bits per heavy atom. The molecule has 2 fully saturated rings. The average molecular weight is 392 g/mol. The van der Waals surface area contributed by atoms with E-state index in [1.807, 2.05) is 12.4 Å². The molecule has 2 heterocycles. The van der Waals surface area contributed by atoms with Crippen molar-refractivity contribution in [3.05, 3.63) is 65.5 Å². The molecule has 1 aliphatic heterocycles. The van der Waals surface area contributed by atoms with Crippen molar-refractivity contribution in [3.63, 3.8) is 0 Å². The van der Waals surface area contributed by atoms with E-state index in [9.17, 15) is 4.79 Å². The summed E-state index contributed by atoms with van der Waals surface area (Å²) in [5.74, 6) is 1.72. The van der Waals surface area contributed by atoms with E-state index >= 15 is 0 Å². The lowest BCUT2D eigenvalue weighted by molar-refractivity contribution is -0.121. The fraction of sp³-hybridized carbons (Fsp3) is 0.520. The molecule has 0 spiro atoms. The molecule has 4 heteroatoms. The van der Waals surface area contributed by atoms with E-state index < -0.39 is 0 Å². The predicted molar refractivity (Wildman–Crippen MR) is 116 cm³/mol. The summed E-state index contributed by atoms with van der Waals surface area (Å²) in [6, 6.07) is 13.2.